The number of piperidine rings is 1. The van der Waals surface area contributed by atoms with Gasteiger partial charge >= 0.3 is 0 Å². The number of amides is 4. The number of rotatable bonds is 8. The van der Waals surface area contributed by atoms with Crippen LogP contribution in [0.3, 0.4) is 0 Å². The van der Waals surface area contributed by atoms with Gasteiger partial charge in [0.05, 0.1) is 18.4 Å². The van der Waals surface area contributed by atoms with Crippen molar-refractivity contribution in [2.24, 2.45) is 23.0 Å². The molecule has 1 aliphatic carbocycles. The number of hydrogen-bond acceptors (Lipinski definition) is 6. The van der Waals surface area contributed by atoms with E-state index in [2.05, 4.69) is 15.6 Å². The molecule has 6 N–H and O–H groups in total. The zero-order valence-electron chi connectivity index (χ0n) is 21.3. The predicted molar refractivity (Wildman–Crippen MR) is 133 cm³/mol. The molecule has 1 unspecified atom stereocenters. The Balaban J connectivity index is 1.40. The number of nitrogens with one attached hydrogen (secondary N) is 3. The number of ether oxygens (including phenoxy) is 1. The van der Waals surface area contributed by atoms with Gasteiger partial charge in [-0.1, -0.05) is 6.07 Å². The summed E-state index contributed by atoms with van der Waals surface area (Å²) < 4.78 is 34.2. The molecule has 11 nitrogen and oxygen atoms in total. The molecule has 13 heteroatoms. The van der Waals surface area contributed by atoms with Crippen LogP contribution in [0.5, 0.6) is 5.75 Å². The van der Waals surface area contributed by atoms with Crippen molar-refractivity contribution in [3.8, 4) is 5.75 Å². The van der Waals surface area contributed by atoms with Crippen molar-refractivity contribution in [1.82, 2.24) is 20.5 Å². The largest absolute Gasteiger partial charge is 0.496 e. The molecule has 39 heavy (non-hydrogen) atoms. The fourth-order valence-corrected chi connectivity index (χ4v) is 5.89. The highest BCUT2D eigenvalue weighted by atomic mass is 19.3. The second kappa shape index (κ2) is 9.78. The number of fused-ring (bicyclic) bond motifs is 1. The third kappa shape index (κ3) is 4.79. The zero-order valence-corrected chi connectivity index (χ0v) is 21.3. The number of carbonyl (C=O) groups excluding carboxylic acids is 4. The van der Waals surface area contributed by atoms with Crippen molar-refractivity contribution in [2.75, 3.05) is 20.2 Å². The van der Waals surface area contributed by atoms with E-state index in [1.165, 1.54) is 12.0 Å². The molecule has 1 spiro atoms. The lowest BCUT2D eigenvalue weighted by Gasteiger charge is -2.30. The number of aliphatic hydroxyl groups is 1. The predicted octanol–water partition coefficient (Wildman–Crippen LogP) is 0.869. The number of aromatic amines is 1. The van der Waals surface area contributed by atoms with Crippen LogP contribution in [-0.4, -0.2) is 77.0 Å². The second-order valence-corrected chi connectivity index (χ2v) is 10.7. The average molecular weight is 548 g/mol. The number of halogens is 2. The van der Waals surface area contributed by atoms with Gasteiger partial charge in [-0.15, -0.1) is 0 Å². The number of benzene rings is 1. The summed E-state index contributed by atoms with van der Waals surface area (Å²) in [7, 11) is 1.49. The molecule has 1 aromatic heterocycles. The van der Waals surface area contributed by atoms with E-state index in [4.69, 9.17) is 10.5 Å². The molecular formula is C26H31F2N5O6. The maximum Gasteiger partial charge on any atom is 0.271 e. The first-order chi connectivity index (χ1) is 18.5. The Hall–Kier alpha value is -3.74. The Bertz CT molecular complexity index is 1330. The van der Waals surface area contributed by atoms with Crippen LogP contribution in [0, 0.1) is 17.3 Å². The van der Waals surface area contributed by atoms with E-state index in [9.17, 15) is 33.1 Å². The molecule has 1 aromatic carbocycles. The van der Waals surface area contributed by atoms with Gasteiger partial charge in [-0.3, -0.25) is 19.2 Å². The van der Waals surface area contributed by atoms with E-state index < -0.39 is 59.6 Å². The molecule has 210 valence electrons. The Kier molecular flexibility index (Phi) is 6.73. The summed E-state index contributed by atoms with van der Waals surface area (Å²) in [6, 6.07) is 6.76. The Morgan fingerprint density at radius 1 is 1.33 bits per heavy atom. The zero-order chi connectivity index (χ0) is 28.1. The van der Waals surface area contributed by atoms with Gasteiger partial charge in [-0.05, 0) is 43.9 Å². The van der Waals surface area contributed by atoms with E-state index in [1.807, 2.05) is 0 Å². The molecule has 0 radical (unpaired) electrons. The highest BCUT2D eigenvalue weighted by molar-refractivity contribution is 6.00. The van der Waals surface area contributed by atoms with Gasteiger partial charge in [-0.25, -0.2) is 8.78 Å². The summed E-state index contributed by atoms with van der Waals surface area (Å²) in [5, 5.41) is 16.4. The van der Waals surface area contributed by atoms with Gasteiger partial charge in [0, 0.05) is 36.3 Å². The van der Waals surface area contributed by atoms with Crippen LogP contribution in [0.25, 0.3) is 10.9 Å². The molecule has 2 aliphatic heterocycles. The number of methoxy groups -OCH3 is 1. The lowest BCUT2D eigenvalue weighted by atomic mass is 9.84. The average Bonchev–Trinajstić information content (AvgIpc) is 3.22. The van der Waals surface area contributed by atoms with Gasteiger partial charge in [0.15, 0.2) is 0 Å². The van der Waals surface area contributed by atoms with Crippen molar-refractivity contribution >= 4 is 34.5 Å². The minimum atomic E-state index is -3.00. The van der Waals surface area contributed by atoms with E-state index in [0.29, 0.717) is 36.0 Å². The van der Waals surface area contributed by atoms with Crippen LogP contribution in [-0.2, 0) is 14.4 Å². The first-order valence-electron chi connectivity index (χ1n) is 12.9. The number of hydrogen-bond donors (Lipinski definition) is 5. The Labute approximate surface area is 222 Å². The Morgan fingerprint density at radius 2 is 2.08 bits per heavy atom. The quantitative estimate of drug-likeness (QED) is 0.329. The third-order valence-electron chi connectivity index (χ3n) is 8.24. The minimum Gasteiger partial charge on any atom is -0.496 e. The van der Waals surface area contributed by atoms with Crippen molar-refractivity contribution in [3.05, 3.63) is 30.0 Å². The monoisotopic (exact) mass is 547 g/mol. The van der Waals surface area contributed by atoms with Crippen LogP contribution < -0.4 is 21.1 Å². The lowest BCUT2D eigenvalue weighted by molar-refractivity contribution is -0.141. The van der Waals surface area contributed by atoms with Crippen LogP contribution >= 0.6 is 0 Å². The van der Waals surface area contributed by atoms with E-state index in [0.717, 1.165) is 0 Å². The molecule has 3 fully saturated rings. The lowest BCUT2D eigenvalue weighted by Crippen LogP contribution is -2.53. The first-order valence-corrected chi connectivity index (χ1v) is 12.9. The van der Waals surface area contributed by atoms with E-state index >= 15 is 0 Å². The highest BCUT2D eigenvalue weighted by Gasteiger charge is 2.75. The number of carbonyl (C=O) groups is 4. The number of aromatic nitrogens is 1. The molecule has 0 bridgehead atoms. The SMILES string of the molecule is COc1cccc2[nH]c(C(=O)N3C[C@]4(C[C@H]3NC(=O)[C@@H](C[C@@H]3CCCNC3=O)C(O)C(N)=O)CC4(F)F)cc12. The number of primary amides is 1. The number of nitrogens with zero attached hydrogens (tertiary/aromatic N) is 1. The number of likely N-dealkylation sites (tertiary alicyclic amines) is 1. The maximum absolute atomic E-state index is 14.4. The van der Waals surface area contributed by atoms with Crippen molar-refractivity contribution in [2.45, 2.75) is 50.3 Å². The molecule has 5 rings (SSSR count). The standard InChI is InChI=1S/C26H31F2N5O6/c1-39-18-6-2-5-16-14(18)9-17(31-16)24(38)33-12-25(11-26(25,27)28)10-19(33)32-23(37)15(20(34)21(29)35)8-13-4-3-7-30-22(13)36/h2,5-6,9,13,15,19-20,31,34H,3-4,7-8,10-12H2,1H3,(H2,29,35)(H,30,36)(H,32,37)/t13-,15-,19-,20?,25-/m0/s1. The van der Waals surface area contributed by atoms with Crippen LogP contribution in [0.1, 0.15) is 42.6 Å². The molecule has 1 saturated carbocycles. The summed E-state index contributed by atoms with van der Waals surface area (Å²) in [5.41, 5.74) is 4.53. The smallest absolute Gasteiger partial charge is 0.271 e. The molecular weight excluding hydrogens is 516 g/mol. The van der Waals surface area contributed by atoms with Gasteiger partial charge < -0.3 is 36.1 Å². The van der Waals surface area contributed by atoms with Gasteiger partial charge in [0.2, 0.25) is 17.7 Å². The van der Waals surface area contributed by atoms with Crippen molar-refractivity contribution in [1.29, 1.82) is 0 Å². The molecule has 3 heterocycles. The van der Waals surface area contributed by atoms with Gasteiger partial charge in [-0.2, -0.15) is 0 Å². The molecule has 2 saturated heterocycles. The van der Waals surface area contributed by atoms with Crippen LogP contribution in [0.2, 0.25) is 0 Å². The number of nitrogens with two attached hydrogens (primary N) is 1. The summed E-state index contributed by atoms with van der Waals surface area (Å²) >= 11 is 0. The fraction of sp³-hybridized carbons (Fsp3) is 0.538. The topological polar surface area (TPSA) is 167 Å². The summed E-state index contributed by atoms with van der Waals surface area (Å²) in [6.07, 6.45) is -2.71. The number of aliphatic hydroxyl groups excluding tert-OH is 1. The molecule has 5 atom stereocenters. The fourth-order valence-electron chi connectivity index (χ4n) is 5.89. The van der Waals surface area contributed by atoms with Crippen LogP contribution in [0.4, 0.5) is 8.78 Å². The van der Waals surface area contributed by atoms with Crippen molar-refractivity contribution < 1.29 is 37.8 Å². The Morgan fingerprint density at radius 3 is 2.72 bits per heavy atom. The van der Waals surface area contributed by atoms with E-state index in [1.54, 1.807) is 24.3 Å². The molecule has 4 amide bonds. The van der Waals surface area contributed by atoms with E-state index in [-0.39, 0.29) is 31.0 Å². The van der Waals surface area contributed by atoms with Crippen molar-refractivity contribution in [3.63, 3.8) is 0 Å². The maximum atomic E-state index is 14.4. The molecule has 3 aliphatic rings. The third-order valence-corrected chi connectivity index (χ3v) is 8.24. The van der Waals surface area contributed by atoms with Gasteiger partial charge in [0.1, 0.15) is 23.7 Å². The number of alkyl halides is 2. The summed E-state index contributed by atoms with van der Waals surface area (Å²) in [5.74, 6) is -7.41. The second-order valence-electron chi connectivity index (χ2n) is 10.7. The molecule has 2 aromatic rings. The highest BCUT2D eigenvalue weighted by Crippen LogP contribution is 2.66. The minimum absolute atomic E-state index is 0.127. The number of H-pyrrole nitrogens is 1. The summed E-state index contributed by atoms with van der Waals surface area (Å²) in [4.78, 5) is 55.2. The first kappa shape index (κ1) is 26.9. The normalized spacial score (nSPS) is 27.2. The van der Waals surface area contributed by atoms with Gasteiger partial charge in [0.25, 0.3) is 11.8 Å². The van der Waals surface area contributed by atoms with Crippen LogP contribution in [0.15, 0.2) is 24.3 Å². The summed E-state index contributed by atoms with van der Waals surface area (Å²) in [6.45, 7) is 0.198.